The van der Waals surface area contributed by atoms with Crippen molar-refractivity contribution in [1.82, 2.24) is 4.90 Å². The van der Waals surface area contributed by atoms with Crippen LogP contribution in [-0.2, 0) is 12.8 Å². The van der Waals surface area contributed by atoms with Crippen molar-refractivity contribution < 1.29 is 14.8 Å². The highest BCUT2D eigenvalue weighted by atomic mass is 16.6. The Morgan fingerprint density at radius 1 is 1.29 bits per heavy atom. The summed E-state index contributed by atoms with van der Waals surface area (Å²) in [5.41, 5.74) is 1.94. The smallest absolute Gasteiger partial charge is 0.407 e. The van der Waals surface area contributed by atoms with Gasteiger partial charge in [0.15, 0.2) is 0 Å². The van der Waals surface area contributed by atoms with E-state index in [0.29, 0.717) is 25.9 Å². The van der Waals surface area contributed by atoms with Gasteiger partial charge >= 0.3 is 6.09 Å². The Morgan fingerprint density at radius 2 is 1.94 bits per heavy atom. The van der Waals surface area contributed by atoms with E-state index in [1.807, 2.05) is 0 Å². The summed E-state index contributed by atoms with van der Waals surface area (Å²) in [5, 5.41) is 19.5. The standard InChI is InChI=1S/C11H12N2O4/c14-11(15)12-5-3-8-1-2-10(13(16)17)7-9(8)4-6-12/h1-2,7H,3-6H2,(H,14,15). The van der Waals surface area contributed by atoms with Crippen molar-refractivity contribution >= 4 is 11.8 Å². The summed E-state index contributed by atoms with van der Waals surface area (Å²) in [6.45, 7) is 0.837. The molecule has 17 heavy (non-hydrogen) atoms. The topological polar surface area (TPSA) is 83.7 Å². The van der Waals surface area contributed by atoms with Crippen LogP contribution in [0.5, 0.6) is 0 Å². The van der Waals surface area contributed by atoms with Gasteiger partial charge in [-0.25, -0.2) is 4.79 Å². The fourth-order valence-electron chi connectivity index (χ4n) is 2.02. The van der Waals surface area contributed by atoms with Crippen LogP contribution in [0.2, 0.25) is 0 Å². The lowest BCUT2D eigenvalue weighted by molar-refractivity contribution is -0.384. The number of nitrogens with zero attached hydrogens (tertiary/aromatic N) is 2. The monoisotopic (exact) mass is 236 g/mol. The number of amides is 1. The molecule has 2 rings (SSSR count). The van der Waals surface area contributed by atoms with Crippen molar-refractivity contribution in [3.8, 4) is 0 Å². The maximum Gasteiger partial charge on any atom is 0.407 e. The number of non-ortho nitro benzene ring substituents is 1. The molecule has 0 saturated carbocycles. The van der Waals surface area contributed by atoms with Gasteiger partial charge in [-0.1, -0.05) is 6.07 Å². The van der Waals surface area contributed by atoms with Crippen LogP contribution in [-0.4, -0.2) is 34.1 Å². The van der Waals surface area contributed by atoms with Crippen molar-refractivity contribution in [2.45, 2.75) is 12.8 Å². The SMILES string of the molecule is O=C(O)N1CCc2ccc([N+](=O)[O-])cc2CC1. The summed E-state index contributed by atoms with van der Waals surface area (Å²) in [6, 6.07) is 4.73. The van der Waals surface area contributed by atoms with Crippen molar-refractivity contribution in [2.75, 3.05) is 13.1 Å². The van der Waals surface area contributed by atoms with Gasteiger partial charge in [-0.2, -0.15) is 0 Å². The van der Waals surface area contributed by atoms with E-state index in [0.717, 1.165) is 11.1 Å². The van der Waals surface area contributed by atoms with E-state index in [9.17, 15) is 14.9 Å². The lowest BCUT2D eigenvalue weighted by atomic mass is 10.0. The molecule has 1 aromatic carbocycles. The molecule has 1 heterocycles. The first-order valence-corrected chi connectivity index (χ1v) is 5.32. The summed E-state index contributed by atoms with van der Waals surface area (Å²) in [7, 11) is 0. The molecule has 6 heteroatoms. The second kappa shape index (κ2) is 4.40. The minimum Gasteiger partial charge on any atom is -0.465 e. The van der Waals surface area contributed by atoms with E-state index in [-0.39, 0.29) is 5.69 Å². The Labute approximate surface area is 97.6 Å². The molecule has 0 aliphatic carbocycles. The number of hydrogen-bond donors (Lipinski definition) is 1. The van der Waals surface area contributed by atoms with E-state index < -0.39 is 11.0 Å². The van der Waals surface area contributed by atoms with Crippen molar-refractivity contribution in [3.05, 3.63) is 39.4 Å². The third-order valence-electron chi connectivity index (χ3n) is 2.97. The molecule has 0 aromatic heterocycles. The zero-order valence-electron chi connectivity index (χ0n) is 9.13. The van der Waals surface area contributed by atoms with Crippen LogP contribution in [0, 0.1) is 10.1 Å². The quantitative estimate of drug-likeness (QED) is 0.593. The molecule has 1 aliphatic heterocycles. The van der Waals surface area contributed by atoms with Crippen LogP contribution in [0.15, 0.2) is 18.2 Å². The van der Waals surface area contributed by atoms with Crippen LogP contribution >= 0.6 is 0 Å². The average molecular weight is 236 g/mol. The highest BCUT2D eigenvalue weighted by Crippen LogP contribution is 2.21. The largest absolute Gasteiger partial charge is 0.465 e. The van der Waals surface area contributed by atoms with E-state index in [2.05, 4.69) is 0 Å². The number of benzene rings is 1. The van der Waals surface area contributed by atoms with Gasteiger partial charge < -0.3 is 10.0 Å². The lowest BCUT2D eigenvalue weighted by Gasteiger charge is -2.14. The lowest BCUT2D eigenvalue weighted by Crippen LogP contribution is -2.31. The normalized spacial score (nSPS) is 14.9. The fourth-order valence-corrected chi connectivity index (χ4v) is 2.02. The molecule has 0 saturated heterocycles. The molecule has 0 fully saturated rings. The first-order valence-electron chi connectivity index (χ1n) is 5.32. The van der Waals surface area contributed by atoms with Crippen LogP contribution in [0.4, 0.5) is 10.5 Å². The van der Waals surface area contributed by atoms with E-state index >= 15 is 0 Å². The zero-order chi connectivity index (χ0) is 12.4. The molecule has 90 valence electrons. The second-order valence-electron chi connectivity index (χ2n) is 3.98. The van der Waals surface area contributed by atoms with E-state index in [1.165, 1.54) is 11.0 Å². The van der Waals surface area contributed by atoms with Crippen LogP contribution < -0.4 is 0 Å². The van der Waals surface area contributed by atoms with Gasteiger partial charge in [-0.15, -0.1) is 0 Å². The summed E-state index contributed by atoms with van der Waals surface area (Å²) in [4.78, 5) is 22.4. The van der Waals surface area contributed by atoms with Gasteiger partial charge in [-0.05, 0) is 24.0 Å². The summed E-state index contributed by atoms with van der Waals surface area (Å²) in [5.74, 6) is 0. The molecule has 1 amide bonds. The minimum absolute atomic E-state index is 0.0625. The van der Waals surface area contributed by atoms with Crippen LogP contribution in [0.25, 0.3) is 0 Å². The molecule has 0 spiro atoms. The minimum atomic E-state index is -0.938. The third-order valence-corrected chi connectivity index (χ3v) is 2.97. The Balaban J connectivity index is 2.25. The number of carbonyl (C=O) groups is 1. The summed E-state index contributed by atoms with van der Waals surface area (Å²) in [6.07, 6.45) is 0.204. The van der Waals surface area contributed by atoms with Crippen LogP contribution in [0.1, 0.15) is 11.1 Å². The highest BCUT2D eigenvalue weighted by molar-refractivity contribution is 5.65. The highest BCUT2D eigenvalue weighted by Gasteiger charge is 2.19. The van der Waals surface area contributed by atoms with Gasteiger partial charge in [0, 0.05) is 25.2 Å². The van der Waals surface area contributed by atoms with Gasteiger partial charge in [0.25, 0.3) is 5.69 Å². The molecular weight excluding hydrogens is 224 g/mol. The Kier molecular flexibility index (Phi) is 2.95. The molecule has 0 atom stereocenters. The molecular formula is C11H12N2O4. The molecule has 1 aromatic rings. The predicted octanol–water partition coefficient (Wildman–Crippen LogP) is 1.67. The summed E-state index contributed by atoms with van der Waals surface area (Å²) >= 11 is 0. The predicted molar refractivity (Wildman–Crippen MR) is 60.1 cm³/mol. The maximum absolute atomic E-state index is 10.9. The first-order chi connectivity index (χ1) is 8.08. The number of fused-ring (bicyclic) bond motifs is 1. The number of rotatable bonds is 1. The Hall–Kier alpha value is -2.11. The number of hydrogen-bond acceptors (Lipinski definition) is 3. The van der Waals surface area contributed by atoms with E-state index in [4.69, 9.17) is 5.11 Å². The fraction of sp³-hybridized carbons (Fsp3) is 0.364. The Bertz CT molecular complexity index is 473. The van der Waals surface area contributed by atoms with E-state index in [1.54, 1.807) is 12.1 Å². The number of nitro groups is 1. The van der Waals surface area contributed by atoms with Crippen molar-refractivity contribution in [1.29, 1.82) is 0 Å². The Morgan fingerprint density at radius 3 is 2.53 bits per heavy atom. The maximum atomic E-state index is 10.9. The summed E-state index contributed by atoms with van der Waals surface area (Å²) < 4.78 is 0. The average Bonchev–Trinajstić information content (AvgIpc) is 2.50. The van der Waals surface area contributed by atoms with Gasteiger partial charge in [0.1, 0.15) is 0 Å². The molecule has 0 unspecified atom stereocenters. The molecule has 1 N–H and O–H groups in total. The van der Waals surface area contributed by atoms with Crippen molar-refractivity contribution in [2.24, 2.45) is 0 Å². The second-order valence-corrected chi connectivity index (χ2v) is 3.98. The number of nitro benzene ring substituents is 1. The molecule has 1 aliphatic rings. The van der Waals surface area contributed by atoms with Crippen molar-refractivity contribution in [3.63, 3.8) is 0 Å². The first kappa shape index (κ1) is 11.4. The van der Waals surface area contributed by atoms with Crippen LogP contribution in [0.3, 0.4) is 0 Å². The zero-order valence-corrected chi connectivity index (χ0v) is 9.13. The van der Waals surface area contributed by atoms with Gasteiger partial charge in [0.2, 0.25) is 0 Å². The van der Waals surface area contributed by atoms with Gasteiger partial charge in [0.05, 0.1) is 4.92 Å². The third kappa shape index (κ3) is 2.35. The van der Waals surface area contributed by atoms with Gasteiger partial charge in [-0.3, -0.25) is 10.1 Å². The molecule has 0 radical (unpaired) electrons. The molecule has 6 nitrogen and oxygen atoms in total. The molecule has 0 bridgehead atoms. The number of carboxylic acid groups (broad SMARTS) is 1.